The number of unbranched alkanes of at least 4 members (excludes halogenated alkanes) is 10. The van der Waals surface area contributed by atoms with Crippen molar-refractivity contribution in [2.45, 2.75) is 197 Å². The van der Waals surface area contributed by atoms with Crippen molar-refractivity contribution >= 4 is 11.4 Å². The Hall–Kier alpha value is -3.63. The first-order chi connectivity index (χ1) is 30.2. The van der Waals surface area contributed by atoms with Gasteiger partial charge in [0.1, 0.15) is 0 Å². The van der Waals surface area contributed by atoms with Gasteiger partial charge in [0.05, 0.1) is 13.2 Å². The largest absolute Gasteiger partial charge is 0.493 e. The molecular formula is C58H84N2NiO2. The maximum absolute atomic E-state index is 12.4. The summed E-state index contributed by atoms with van der Waals surface area (Å²) >= 11 is 0. The van der Waals surface area contributed by atoms with Gasteiger partial charge in [-0.3, -0.25) is 0 Å². The maximum atomic E-state index is 12.4. The van der Waals surface area contributed by atoms with E-state index < -0.39 is 0 Å². The van der Waals surface area contributed by atoms with Gasteiger partial charge in [-0.1, -0.05) is 159 Å². The molecular weight excluding hydrogens is 815 g/mol. The van der Waals surface area contributed by atoms with E-state index in [-0.39, 0.29) is 29.7 Å². The molecule has 2 N–H and O–H groups in total. The third-order valence-corrected chi connectivity index (χ3v) is 12.5. The number of hydrogen-bond donors (Lipinski definition) is 2. The predicted molar refractivity (Wildman–Crippen MR) is 267 cm³/mol. The fourth-order valence-electron chi connectivity index (χ4n) is 8.59. The zero-order valence-electron chi connectivity index (χ0n) is 40.7. The second-order valence-electron chi connectivity index (χ2n) is 17.5. The quantitative estimate of drug-likeness (QED) is 0.0418. The number of aliphatic hydroxyl groups excluding tert-OH is 2. The Balaban J connectivity index is 0.000000664. The van der Waals surface area contributed by atoms with Gasteiger partial charge in [-0.2, -0.15) is 0 Å². The van der Waals surface area contributed by atoms with Crippen LogP contribution in [0.3, 0.4) is 0 Å². The summed E-state index contributed by atoms with van der Waals surface area (Å²) < 4.78 is 1.64. The zero-order valence-corrected chi connectivity index (χ0v) is 41.7. The van der Waals surface area contributed by atoms with Crippen molar-refractivity contribution < 1.29 is 31.4 Å². The third kappa shape index (κ3) is 18.1. The Morgan fingerprint density at radius 3 is 1.21 bits per heavy atom. The van der Waals surface area contributed by atoms with Gasteiger partial charge >= 0.3 is 0 Å². The Morgan fingerprint density at radius 2 is 0.810 bits per heavy atom. The summed E-state index contributed by atoms with van der Waals surface area (Å²) in [5, 5.41) is 17.1. The second-order valence-corrected chi connectivity index (χ2v) is 17.5. The Labute approximate surface area is 395 Å². The molecule has 0 aliphatic carbocycles. The molecule has 0 saturated carbocycles. The van der Waals surface area contributed by atoms with Crippen molar-refractivity contribution in [2.75, 3.05) is 0 Å². The minimum Gasteiger partial charge on any atom is -0.493 e. The van der Waals surface area contributed by atoms with Crippen molar-refractivity contribution in [1.29, 1.82) is 0 Å². The number of nitrogens with zero attached hydrogens (tertiary/aromatic N) is 2. The fraction of sp³-hybridized carbons (Fsp3) is 0.517. The summed E-state index contributed by atoms with van der Waals surface area (Å²) in [5.74, 6) is 0. The molecule has 1 aliphatic heterocycles. The maximum Gasteiger partial charge on any atom is 0.211 e. The van der Waals surface area contributed by atoms with Crippen LogP contribution in [0.4, 0.5) is 0 Å². The van der Waals surface area contributed by atoms with Crippen LogP contribution in [0.1, 0.15) is 199 Å². The van der Waals surface area contributed by atoms with E-state index in [2.05, 4.69) is 79.7 Å². The summed E-state index contributed by atoms with van der Waals surface area (Å²) in [6.07, 6.45) is 24.1. The van der Waals surface area contributed by atoms with E-state index in [4.69, 9.17) is 10.2 Å². The molecule has 1 heterocycles. The first-order valence-electron chi connectivity index (χ1n) is 24.7. The van der Waals surface area contributed by atoms with Crippen LogP contribution >= 0.6 is 0 Å². The number of aryl methyl sites for hydroxylation is 4. The van der Waals surface area contributed by atoms with Crippen LogP contribution < -0.4 is 0 Å². The van der Waals surface area contributed by atoms with Crippen LogP contribution in [0, 0.1) is 20.8 Å². The van der Waals surface area contributed by atoms with Crippen molar-refractivity contribution in [3.8, 4) is 0 Å². The molecule has 0 amide bonds. The number of aliphatic hydroxyl groups is 2. The molecule has 4 aromatic carbocycles. The van der Waals surface area contributed by atoms with Gasteiger partial charge in [0.25, 0.3) is 0 Å². The molecule has 0 saturated heterocycles. The van der Waals surface area contributed by atoms with Crippen LogP contribution in [0.2, 0.25) is 0 Å². The normalized spacial score (nSPS) is 12.2. The molecule has 0 unspecified atom stereocenters. The van der Waals surface area contributed by atoms with Crippen LogP contribution in [-0.4, -0.2) is 14.9 Å². The minimum absolute atomic E-state index is 0. The van der Waals surface area contributed by atoms with Crippen molar-refractivity contribution in [3.63, 3.8) is 0 Å². The Kier molecular flexibility index (Phi) is 28.3. The van der Waals surface area contributed by atoms with Crippen LogP contribution in [-0.2, 0) is 49.0 Å². The molecule has 0 atom stereocenters. The van der Waals surface area contributed by atoms with Gasteiger partial charge in [0, 0.05) is 38.8 Å². The molecule has 0 aromatic heterocycles. The van der Waals surface area contributed by atoms with Crippen LogP contribution in [0.5, 0.6) is 0 Å². The molecule has 4 aromatic rings. The Morgan fingerprint density at radius 1 is 0.444 bits per heavy atom. The zero-order chi connectivity index (χ0) is 45.1. The molecule has 1 aliphatic rings. The Bertz CT molecular complexity index is 1870. The van der Waals surface area contributed by atoms with Gasteiger partial charge in [0.2, 0.25) is 11.4 Å². The second kappa shape index (κ2) is 32.1. The predicted octanol–water partition coefficient (Wildman–Crippen LogP) is 16.5. The van der Waals surface area contributed by atoms with E-state index in [1.54, 1.807) is 21.4 Å². The molecule has 0 fully saturated rings. The van der Waals surface area contributed by atoms with E-state index in [0.29, 0.717) is 0 Å². The molecule has 0 spiro atoms. The van der Waals surface area contributed by atoms with Gasteiger partial charge in [0.15, 0.2) is 0 Å². The standard InChI is InChI=1S/C44H68N2.2C7H8O.Ni/c1-9-14-19-23-28-42-41(26-18-13-5)43(38-29-33(6)35(8)34(7)30-38)46(45)44(42)39-31-36(24-20-15-10-2)40(27-22-17-12-4)37(32-39)25-21-16-11-3;2*8-6-7-4-2-1-3-5-7;/h29-32H,9-28H2,1-8H3;2*1-5,8H,6H2;. The molecule has 0 radical (unpaired) electrons. The molecule has 5 rings (SSSR count). The number of hydrogen-bond acceptors (Lipinski definition) is 2. The van der Waals surface area contributed by atoms with E-state index >= 15 is 0 Å². The fourth-order valence-corrected chi connectivity index (χ4v) is 8.59. The number of rotatable bonds is 24. The third-order valence-electron chi connectivity index (χ3n) is 12.5. The van der Waals surface area contributed by atoms with E-state index in [0.717, 1.165) is 66.6 Å². The van der Waals surface area contributed by atoms with Gasteiger partial charge in [-0.25, -0.2) is 4.70 Å². The topological polar surface area (TPSA) is 65.8 Å². The average molecular weight is 900 g/mol. The molecule has 0 bridgehead atoms. The molecule has 5 heteroatoms. The summed E-state index contributed by atoms with van der Waals surface area (Å²) in [7, 11) is 0. The van der Waals surface area contributed by atoms with Crippen molar-refractivity contribution in [2.24, 2.45) is 0 Å². The van der Waals surface area contributed by atoms with E-state index in [1.165, 1.54) is 123 Å². The van der Waals surface area contributed by atoms with Gasteiger partial charge in [-0.05, 0) is 154 Å². The van der Waals surface area contributed by atoms with E-state index in [1.807, 2.05) is 60.7 Å². The van der Waals surface area contributed by atoms with Crippen LogP contribution in [0.25, 0.3) is 16.9 Å². The summed E-state index contributed by atoms with van der Waals surface area (Å²) in [4.78, 5) is 0. The summed E-state index contributed by atoms with van der Waals surface area (Å²) in [6, 6.07) is 28.7. The van der Waals surface area contributed by atoms with Gasteiger partial charge < -0.3 is 15.7 Å². The molecule has 348 valence electrons. The molecule has 4 nitrogen and oxygen atoms in total. The van der Waals surface area contributed by atoms with Gasteiger partial charge in [-0.15, -0.1) is 0 Å². The number of benzene rings is 4. The number of allylic oxidation sites excluding steroid dienone is 2. The minimum atomic E-state index is 0. The monoisotopic (exact) mass is 899 g/mol. The first kappa shape index (κ1) is 55.5. The summed E-state index contributed by atoms with van der Waals surface area (Å²) in [6.45, 7) is 18.5. The average Bonchev–Trinajstić information content (AvgIpc) is 3.57. The van der Waals surface area contributed by atoms with Crippen molar-refractivity contribution in [1.82, 2.24) is 0 Å². The van der Waals surface area contributed by atoms with Crippen LogP contribution in [0.15, 0.2) is 96.1 Å². The van der Waals surface area contributed by atoms with Crippen molar-refractivity contribution in [3.05, 3.63) is 157 Å². The molecule has 63 heavy (non-hydrogen) atoms. The SMILES string of the molecule is CCCCCCC1=C(c2cc(CCCCC)c(CCCCC)c(CCCCC)c2)[N+](=[N-])C(c2cc(C)c(C)c(C)c2)=C1CCCC.OCc1ccccc1.OCc1ccccc1.[Ni]. The summed E-state index contributed by atoms with van der Waals surface area (Å²) in [5.41, 5.74) is 30.3. The first-order valence-corrected chi connectivity index (χ1v) is 24.7. The smallest absolute Gasteiger partial charge is 0.211 e. The van der Waals surface area contributed by atoms with E-state index in [9.17, 15) is 5.53 Å².